The van der Waals surface area contributed by atoms with E-state index in [9.17, 15) is 0 Å². The molecule has 1 aromatic heterocycles. The molecule has 0 spiro atoms. The largest absolute Gasteiger partial charge is 0.363 e. The van der Waals surface area contributed by atoms with E-state index >= 15 is 0 Å². The molecule has 0 bridgehead atoms. The summed E-state index contributed by atoms with van der Waals surface area (Å²) in [5.74, 6) is 0.660. The Morgan fingerprint density at radius 3 is 2.81 bits per heavy atom. The van der Waals surface area contributed by atoms with Crippen LogP contribution in [0.2, 0.25) is 0 Å². The first-order valence-electron chi connectivity index (χ1n) is 6.07. The van der Waals surface area contributed by atoms with Crippen LogP contribution in [0.1, 0.15) is 19.5 Å². The van der Waals surface area contributed by atoms with Gasteiger partial charge in [-0.2, -0.15) is 5.10 Å². The lowest BCUT2D eigenvalue weighted by Crippen LogP contribution is -2.53. The molecule has 90 valence electrons. The van der Waals surface area contributed by atoms with Crippen molar-refractivity contribution in [2.75, 3.05) is 24.5 Å². The van der Waals surface area contributed by atoms with Gasteiger partial charge in [0.15, 0.2) is 0 Å². The molecule has 1 aliphatic heterocycles. The summed E-state index contributed by atoms with van der Waals surface area (Å²) in [5, 5.41) is 7.91. The number of hydrogen-bond donors (Lipinski definition) is 1. The summed E-state index contributed by atoms with van der Waals surface area (Å²) in [6.45, 7) is 9.89. The summed E-state index contributed by atoms with van der Waals surface area (Å²) in [6, 6.07) is 0.580. The van der Waals surface area contributed by atoms with Crippen LogP contribution in [-0.2, 0) is 7.05 Å². The van der Waals surface area contributed by atoms with Gasteiger partial charge in [0, 0.05) is 38.9 Å². The molecule has 1 atom stereocenters. The zero-order valence-electron chi connectivity index (χ0n) is 10.7. The van der Waals surface area contributed by atoms with E-state index in [2.05, 4.69) is 42.3 Å². The van der Waals surface area contributed by atoms with Crippen LogP contribution in [0.4, 0.5) is 5.69 Å². The first-order valence-corrected chi connectivity index (χ1v) is 6.07. The Hall–Kier alpha value is -1.03. The third kappa shape index (κ3) is 2.07. The quantitative estimate of drug-likeness (QED) is 0.815. The fraction of sp³-hybridized carbons (Fsp3) is 0.750. The zero-order chi connectivity index (χ0) is 11.7. The smallest absolute Gasteiger partial charge is 0.0827 e. The van der Waals surface area contributed by atoms with Crippen LogP contribution in [0.25, 0.3) is 0 Å². The topological polar surface area (TPSA) is 33.1 Å². The zero-order valence-corrected chi connectivity index (χ0v) is 10.7. The molecular formula is C12H22N4. The molecule has 1 aliphatic rings. The number of piperazine rings is 1. The molecule has 16 heavy (non-hydrogen) atoms. The fourth-order valence-electron chi connectivity index (χ4n) is 2.49. The first-order chi connectivity index (χ1) is 7.59. The van der Waals surface area contributed by atoms with E-state index in [0.717, 1.165) is 25.3 Å². The van der Waals surface area contributed by atoms with E-state index in [1.807, 2.05) is 11.7 Å². The van der Waals surface area contributed by atoms with Gasteiger partial charge in [-0.05, 0) is 12.8 Å². The number of nitrogens with zero attached hydrogens (tertiary/aromatic N) is 3. The van der Waals surface area contributed by atoms with E-state index in [-0.39, 0.29) is 0 Å². The minimum Gasteiger partial charge on any atom is -0.363 e. The molecule has 4 nitrogen and oxygen atoms in total. The van der Waals surface area contributed by atoms with Gasteiger partial charge in [-0.3, -0.25) is 4.68 Å². The van der Waals surface area contributed by atoms with Crippen molar-refractivity contribution in [3.63, 3.8) is 0 Å². The average molecular weight is 222 g/mol. The van der Waals surface area contributed by atoms with Crippen molar-refractivity contribution in [3.05, 3.63) is 11.9 Å². The van der Waals surface area contributed by atoms with Crippen LogP contribution in [0, 0.1) is 12.8 Å². The molecule has 1 N–H and O–H groups in total. The third-order valence-corrected chi connectivity index (χ3v) is 3.35. The van der Waals surface area contributed by atoms with Gasteiger partial charge >= 0.3 is 0 Å². The molecule has 4 heteroatoms. The minimum atomic E-state index is 0.580. The SMILES string of the molecule is Cc1nn(C)cc1N1CCNCC1C(C)C. The Balaban J connectivity index is 2.26. The van der Waals surface area contributed by atoms with E-state index in [1.165, 1.54) is 5.69 Å². The summed E-state index contributed by atoms with van der Waals surface area (Å²) < 4.78 is 1.91. The Morgan fingerprint density at radius 1 is 1.50 bits per heavy atom. The molecule has 0 amide bonds. The fourth-order valence-corrected chi connectivity index (χ4v) is 2.49. The molecule has 2 rings (SSSR count). The molecule has 2 heterocycles. The second-order valence-corrected chi connectivity index (χ2v) is 4.98. The molecule has 0 aliphatic carbocycles. The highest BCUT2D eigenvalue weighted by Gasteiger charge is 2.26. The maximum atomic E-state index is 4.43. The van der Waals surface area contributed by atoms with Crippen LogP contribution in [0.5, 0.6) is 0 Å². The van der Waals surface area contributed by atoms with Crippen molar-refractivity contribution in [2.45, 2.75) is 26.8 Å². The second-order valence-electron chi connectivity index (χ2n) is 4.98. The van der Waals surface area contributed by atoms with Gasteiger partial charge in [0.1, 0.15) is 0 Å². The van der Waals surface area contributed by atoms with Crippen molar-refractivity contribution < 1.29 is 0 Å². The van der Waals surface area contributed by atoms with Gasteiger partial charge in [0.2, 0.25) is 0 Å². The summed E-state index contributed by atoms with van der Waals surface area (Å²) in [7, 11) is 1.99. The maximum absolute atomic E-state index is 4.43. The van der Waals surface area contributed by atoms with Crippen molar-refractivity contribution in [1.29, 1.82) is 0 Å². The Labute approximate surface area is 97.6 Å². The Morgan fingerprint density at radius 2 is 2.25 bits per heavy atom. The van der Waals surface area contributed by atoms with Crippen molar-refractivity contribution >= 4 is 5.69 Å². The maximum Gasteiger partial charge on any atom is 0.0827 e. The molecule has 1 saturated heterocycles. The van der Waals surface area contributed by atoms with Crippen molar-refractivity contribution in [1.82, 2.24) is 15.1 Å². The van der Waals surface area contributed by atoms with E-state index < -0.39 is 0 Å². The van der Waals surface area contributed by atoms with Crippen LogP contribution in [-0.4, -0.2) is 35.5 Å². The van der Waals surface area contributed by atoms with Gasteiger partial charge in [-0.1, -0.05) is 13.8 Å². The second kappa shape index (κ2) is 4.45. The molecule has 0 radical (unpaired) electrons. The average Bonchev–Trinajstić information content (AvgIpc) is 2.57. The molecule has 1 aromatic rings. The van der Waals surface area contributed by atoms with Crippen LogP contribution >= 0.6 is 0 Å². The molecule has 0 saturated carbocycles. The van der Waals surface area contributed by atoms with Crippen molar-refractivity contribution in [3.8, 4) is 0 Å². The molecule has 1 unspecified atom stereocenters. The van der Waals surface area contributed by atoms with Gasteiger partial charge in [-0.25, -0.2) is 0 Å². The number of aromatic nitrogens is 2. The summed E-state index contributed by atoms with van der Waals surface area (Å²) in [4.78, 5) is 2.50. The molecule has 0 aromatic carbocycles. The summed E-state index contributed by atoms with van der Waals surface area (Å²) in [6.07, 6.45) is 2.13. The monoisotopic (exact) mass is 222 g/mol. The Bertz CT molecular complexity index is 356. The van der Waals surface area contributed by atoms with E-state index in [0.29, 0.717) is 12.0 Å². The predicted molar refractivity (Wildman–Crippen MR) is 66.8 cm³/mol. The first kappa shape index (κ1) is 11.5. The predicted octanol–water partition coefficient (Wildman–Crippen LogP) is 1.16. The molecule has 1 fully saturated rings. The number of rotatable bonds is 2. The summed E-state index contributed by atoms with van der Waals surface area (Å²) in [5.41, 5.74) is 2.43. The lowest BCUT2D eigenvalue weighted by atomic mass is 10.00. The van der Waals surface area contributed by atoms with Gasteiger partial charge in [-0.15, -0.1) is 0 Å². The Kier molecular flexibility index (Phi) is 3.19. The highest BCUT2D eigenvalue weighted by Crippen LogP contribution is 2.24. The number of hydrogen-bond acceptors (Lipinski definition) is 3. The van der Waals surface area contributed by atoms with Crippen LogP contribution in [0.15, 0.2) is 6.20 Å². The van der Waals surface area contributed by atoms with Crippen LogP contribution in [0.3, 0.4) is 0 Å². The lowest BCUT2D eigenvalue weighted by Gasteiger charge is -2.39. The number of anilines is 1. The van der Waals surface area contributed by atoms with Crippen molar-refractivity contribution in [2.24, 2.45) is 13.0 Å². The van der Waals surface area contributed by atoms with E-state index in [4.69, 9.17) is 0 Å². The van der Waals surface area contributed by atoms with E-state index in [1.54, 1.807) is 0 Å². The van der Waals surface area contributed by atoms with Gasteiger partial charge in [0.05, 0.1) is 11.4 Å². The standard InChI is InChI=1S/C12H22N4/c1-9(2)11-7-13-5-6-16(11)12-8-15(4)14-10(12)3/h8-9,11,13H,5-7H2,1-4H3. The number of nitrogens with one attached hydrogen (secondary N) is 1. The highest BCUT2D eigenvalue weighted by atomic mass is 15.3. The highest BCUT2D eigenvalue weighted by molar-refractivity contribution is 5.50. The molecular weight excluding hydrogens is 200 g/mol. The summed E-state index contributed by atoms with van der Waals surface area (Å²) >= 11 is 0. The normalized spacial score (nSPS) is 21.8. The lowest BCUT2D eigenvalue weighted by molar-refractivity contribution is 0.390. The number of aryl methyl sites for hydroxylation is 2. The third-order valence-electron chi connectivity index (χ3n) is 3.35. The van der Waals surface area contributed by atoms with Crippen LogP contribution < -0.4 is 10.2 Å². The minimum absolute atomic E-state index is 0.580. The van der Waals surface area contributed by atoms with Gasteiger partial charge in [0.25, 0.3) is 0 Å². The van der Waals surface area contributed by atoms with Gasteiger partial charge < -0.3 is 10.2 Å².